The number of aromatic nitrogens is 2. The number of ether oxygens (including phenoxy) is 1. The third kappa shape index (κ3) is 4.23. The minimum Gasteiger partial charge on any atom is -0.494 e. The van der Waals surface area contributed by atoms with Crippen molar-refractivity contribution in [1.82, 2.24) is 14.9 Å². The van der Waals surface area contributed by atoms with Crippen LogP contribution in [0.5, 0.6) is 5.75 Å². The van der Waals surface area contributed by atoms with E-state index in [1.54, 1.807) is 23.2 Å². The third-order valence-electron chi connectivity index (χ3n) is 5.92. The van der Waals surface area contributed by atoms with Crippen molar-refractivity contribution in [3.05, 3.63) is 70.8 Å². The van der Waals surface area contributed by atoms with Crippen LogP contribution in [0.4, 0.5) is 19.3 Å². The smallest absolute Gasteiger partial charge is 0.322 e. The molecule has 1 aromatic carbocycles. The molecule has 0 fully saturated rings. The summed E-state index contributed by atoms with van der Waals surface area (Å²) in [7, 11) is 1.49. The zero-order valence-electron chi connectivity index (χ0n) is 18.4. The second-order valence-electron chi connectivity index (χ2n) is 7.87. The number of methoxy groups -OCH3 is 1. The van der Waals surface area contributed by atoms with E-state index in [1.807, 2.05) is 13.8 Å². The number of fused-ring (bicyclic) bond motifs is 1. The van der Waals surface area contributed by atoms with Crippen LogP contribution < -0.4 is 10.1 Å². The van der Waals surface area contributed by atoms with Gasteiger partial charge in [-0.1, -0.05) is 18.5 Å². The molecule has 0 radical (unpaired) electrons. The van der Waals surface area contributed by atoms with Gasteiger partial charge < -0.3 is 15.0 Å². The predicted octanol–water partition coefficient (Wildman–Crippen LogP) is 6.01. The number of halogens is 3. The summed E-state index contributed by atoms with van der Waals surface area (Å²) in [4.78, 5) is 22.6. The number of pyridine rings is 2. The molecule has 2 atom stereocenters. The fourth-order valence-corrected chi connectivity index (χ4v) is 4.66. The second-order valence-corrected chi connectivity index (χ2v) is 8.28. The van der Waals surface area contributed by atoms with Crippen LogP contribution in [0.25, 0.3) is 11.1 Å². The Morgan fingerprint density at radius 3 is 2.79 bits per heavy atom. The first-order valence-electron chi connectivity index (χ1n) is 10.6. The molecule has 3 heterocycles. The minimum atomic E-state index is -0.644. The molecule has 33 heavy (non-hydrogen) atoms. The largest absolute Gasteiger partial charge is 0.494 e. The molecule has 1 N–H and O–H groups in total. The summed E-state index contributed by atoms with van der Waals surface area (Å²) in [5.41, 5.74) is 2.19. The van der Waals surface area contributed by atoms with Gasteiger partial charge in [0.1, 0.15) is 11.6 Å². The summed E-state index contributed by atoms with van der Waals surface area (Å²) in [6.45, 7) is 3.75. The lowest BCUT2D eigenvalue weighted by Gasteiger charge is -2.41. The Morgan fingerprint density at radius 2 is 2.06 bits per heavy atom. The molecule has 0 saturated carbocycles. The number of amides is 2. The number of anilines is 1. The zero-order valence-corrected chi connectivity index (χ0v) is 19.2. The van der Waals surface area contributed by atoms with Crippen LogP contribution in [0.3, 0.4) is 0 Å². The van der Waals surface area contributed by atoms with Crippen molar-refractivity contribution in [1.29, 1.82) is 0 Å². The van der Waals surface area contributed by atoms with Crippen molar-refractivity contribution >= 4 is 23.3 Å². The van der Waals surface area contributed by atoms with E-state index in [1.165, 1.54) is 31.6 Å². The number of nitrogens with one attached hydrogen (secondary N) is 1. The second kappa shape index (κ2) is 9.31. The number of hydrogen-bond acceptors (Lipinski definition) is 4. The number of rotatable bonds is 4. The molecule has 0 saturated heterocycles. The van der Waals surface area contributed by atoms with Crippen LogP contribution in [0.2, 0.25) is 5.02 Å². The fraction of sp³-hybridized carbons (Fsp3) is 0.292. The van der Waals surface area contributed by atoms with Gasteiger partial charge in [-0.25, -0.2) is 14.2 Å². The number of carbonyl (C=O) groups excluding carboxylic acids is 1. The van der Waals surface area contributed by atoms with Gasteiger partial charge in [-0.3, -0.25) is 4.98 Å². The van der Waals surface area contributed by atoms with Gasteiger partial charge in [-0.2, -0.15) is 4.39 Å². The molecule has 0 bridgehead atoms. The van der Waals surface area contributed by atoms with E-state index in [-0.39, 0.29) is 22.8 Å². The highest BCUT2D eigenvalue weighted by Crippen LogP contribution is 2.39. The van der Waals surface area contributed by atoms with E-state index < -0.39 is 17.8 Å². The Bertz CT molecular complexity index is 1210. The molecular formula is C24H23ClF2N4O2. The van der Waals surface area contributed by atoms with Gasteiger partial charge in [0.2, 0.25) is 5.95 Å². The quantitative estimate of drug-likeness (QED) is 0.472. The molecule has 0 aliphatic carbocycles. The normalized spacial score (nSPS) is 17.5. The van der Waals surface area contributed by atoms with E-state index in [4.69, 9.17) is 16.3 Å². The lowest BCUT2D eigenvalue weighted by molar-refractivity contribution is 0.147. The third-order valence-corrected chi connectivity index (χ3v) is 6.24. The van der Waals surface area contributed by atoms with Gasteiger partial charge >= 0.3 is 6.03 Å². The zero-order chi connectivity index (χ0) is 23.7. The van der Waals surface area contributed by atoms with E-state index >= 15 is 4.39 Å². The molecular weight excluding hydrogens is 450 g/mol. The maximum atomic E-state index is 15.0. The van der Waals surface area contributed by atoms with Gasteiger partial charge in [0.05, 0.1) is 30.1 Å². The Morgan fingerprint density at radius 1 is 1.27 bits per heavy atom. The van der Waals surface area contributed by atoms with Gasteiger partial charge in [-0.05, 0) is 49.6 Å². The van der Waals surface area contributed by atoms with Crippen LogP contribution >= 0.6 is 11.6 Å². The Balaban J connectivity index is 1.64. The van der Waals surface area contributed by atoms with Gasteiger partial charge in [0.25, 0.3) is 0 Å². The van der Waals surface area contributed by atoms with Crippen LogP contribution in [-0.4, -0.2) is 34.1 Å². The van der Waals surface area contributed by atoms with Gasteiger partial charge in [0.15, 0.2) is 0 Å². The maximum Gasteiger partial charge on any atom is 0.322 e. The summed E-state index contributed by atoms with van der Waals surface area (Å²) in [6.07, 6.45) is 5.36. The first kappa shape index (κ1) is 22.9. The molecule has 3 aromatic rings. The Labute approximate surface area is 195 Å². The number of hydrogen-bond donors (Lipinski definition) is 1. The van der Waals surface area contributed by atoms with Crippen molar-refractivity contribution in [2.24, 2.45) is 0 Å². The molecule has 6 nitrogen and oxygen atoms in total. The molecule has 0 spiro atoms. The summed E-state index contributed by atoms with van der Waals surface area (Å²) >= 11 is 6.45. The topological polar surface area (TPSA) is 67.4 Å². The standard InChI is InChI=1S/C24H23ClF2N4O2/c1-4-21-14-6-8-29-23(27)17(14)9-13(2)31(21)24(32)30-20-11-18(25)16(10-19(20)26)15-5-7-28-12-22(15)33-3/h5-8,10-13,21H,4,9H2,1-3H3,(H,30,32). The number of urea groups is 1. The average molecular weight is 473 g/mol. The molecule has 9 heteroatoms. The Hall–Kier alpha value is -3.26. The van der Waals surface area contributed by atoms with Crippen LogP contribution in [0, 0.1) is 11.8 Å². The summed E-state index contributed by atoms with van der Waals surface area (Å²) in [6, 6.07) is 4.87. The Kier molecular flexibility index (Phi) is 6.47. The number of benzene rings is 1. The molecule has 172 valence electrons. The van der Waals surface area contributed by atoms with Crippen molar-refractivity contribution in [3.8, 4) is 16.9 Å². The van der Waals surface area contributed by atoms with Gasteiger partial charge in [0, 0.05) is 35.1 Å². The lowest BCUT2D eigenvalue weighted by atomic mass is 9.89. The fourth-order valence-electron chi connectivity index (χ4n) is 4.40. The average Bonchev–Trinajstić information content (AvgIpc) is 2.80. The SMILES string of the molecule is CCC1c2ccnc(F)c2CC(C)N1C(=O)Nc1cc(Cl)c(-c2ccncc2OC)cc1F. The van der Waals surface area contributed by atoms with E-state index in [9.17, 15) is 9.18 Å². The summed E-state index contributed by atoms with van der Waals surface area (Å²) in [5, 5.41) is 2.89. The highest BCUT2D eigenvalue weighted by Gasteiger charge is 2.36. The first-order valence-corrected chi connectivity index (χ1v) is 10.9. The van der Waals surface area contributed by atoms with Crippen LogP contribution in [0.1, 0.15) is 37.4 Å². The summed E-state index contributed by atoms with van der Waals surface area (Å²) < 4.78 is 34.6. The lowest BCUT2D eigenvalue weighted by Crippen LogP contribution is -2.48. The highest BCUT2D eigenvalue weighted by molar-refractivity contribution is 6.33. The first-order chi connectivity index (χ1) is 15.8. The number of carbonyl (C=O) groups is 1. The molecule has 4 rings (SSSR count). The monoisotopic (exact) mass is 472 g/mol. The van der Waals surface area contributed by atoms with Crippen molar-refractivity contribution in [3.63, 3.8) is 0 Å². The van der Waals surface area contributed by atoms with E-state index in [0.717, 1.165) is 5.56 Å². The van der Waals surface area contributed by atoms with E-state index in [2.05, 4.69) is 15.3 Å². The van der Waals surface area contributed by atoms with Crippen molar-refractivity contribution in [2.45, 2.75) is 38.8 Å². The van der Waals surface area contributed by atoms with Crippen molar-refractivity contribution in [2.75, 3.05) is 12.4 Å². The minimum absolute atomic E-state index is 0.0458. The van der Waals surface area contributed by atoms with Crippen LogP contribution in [-0.2, 0) is 6.42 Å². The molecule has 1 aliphatic heterocycles. The maximum absolute atomic E-state index is 15.0. The summed E-state index contributed by atoms with van der Waals surface area (Å²) in [5.74, 6) is -0.711. The number of nitrogens with zero attached hydrogens (tertiary/aromatic N) is 3. The molecule has 2 amide bonds. The predicted molar refractivity (Wildman–Crippen MR) is 122 cm³/mol. The molecule has 2 unspecified atom stereocenters. The van der Waals surface area contributed by atoms with Crippen molar-refractivity contribution < 1.29 is 18.3 Å². The molecule has 1 aliphatic rings. The molecule has 2 aromatic heterocycles. The van der Waals surface area contributed by atoms with E-state index in [0.29, 0.717) is 35.3 Å². The van der Waals surface area contributed by atoms with Gasteiger partial charge in [-0.15, -0.1) is 0 Å². The highest BCUT2D eigenvalue weighted by atomic mass is 35.5. The van der Waals surface area contributed by atoms with Crippen LogP contribution in [0.15, 0.2) is 42.9 Å².